The zero-order chi connectivity index (χ0) is 13.6. The number of hydrogen-bond donors (Lipinski definition) is 2. The molecule has 18 heavy (non-hydrogen) atoms. The van der Waals surface area contributed by atoms with Gasteiger partial charge >= 0.3 is 6.18 Å². The van der Waals surface area contributed by atoms with Crippen LogP contribution in [0.1, 0.15) is 5.56 Å². The van der Waals surface area contributed by atoms with Gasteiger partial charge in [0.15, 0.2) is 0 Å². The molecule has 0 radical (unpaired) electrons. The summed E-state index contributed by atoms with van der Waals surface area (Å²) in [6.45, 7) is 4.04. The molecule has 0 aromatic heterocycles. The molecule has 0 saturated carbocycles. The van der Waals surface area contributed by atoms with Gasteiger partial charge in [0.05, 0.1) is 12.1 Å². The predicted octanol–water partition coefficient (Wildman–Crippen LogP) is 2.42. The molecule has 0 saturated heterocycles. The first-order valence-corrected chi connectivity index (χ1v) is 5.22. The highest BCUT2D eigenvalue weighted by molar-refractivity contribution is 5.92. The van der Waals surface area contributed by atoms with Crippen LogP contribution in [0.4, 0.5) is 18.9 Å². The number of rotatable bonds is 5. The van der Waals surface area contributed by atoms with Crippen LogP contribution in [0.2, 0.25) is 0 Å². The van der Waals surface area contributed by atoms with Crippen molar-refractivity contribution in [3.8, 4) is 0 Å². The van der Waals surface area contributed by atoms with Gasteiger partial charge in [-0.2, -0.15) is 13.2 Å². The minimum Gasteiger partial charge on any atom is -0.325 e. The predicted molar refractivity (Wildman–Crippen MR) is 63.1 cm³/mol. The maximum Gasteiger partial charge on any atom is 0.416 e. The first-order chi connectivity index (χ1) is 8.43. The van der Waals surface area contributed by atoms with Crippen molar-refractivity contribution in [2.24, 2.45) is 0 Å². The van der Waals surface area contributed by atoms with E-state index in [1.165, 1.54) is 12.1 Å². The van der Waals surface area contributed by atoms with E-state index in [2.05, 4.69) is 17.2 Å². The lowest BCUT2D eigenvalue weighted by Crippen LogP contribution is -2.28. The summed E-state index contributed by atoms with van der Waals surface area (Å²) in [6.07, 6.45) is -2.76. The van der Waals surface area contributed by atoms with Gasteiger partial charge in [-0.3, -0.25) is 4.79 Å². The molecule has 2 N–H and O–H groups in total. The Morgan fingerprint density at radius 2 is 1.89 bits per heavy atom. The molecule has 0 heterocycles. The maximum atomic E-state index is 12.3. The topological polar surface area (TPSA) is 41.1 Å². The van der Waals surface area contributed by atoms with Crippen molar-refractivity contribution in [1.29, 1.82) is 0 Å². The molecule has 3 nitrogen and oxygen atoms in total. The quantitative estimate of drug-likeness (QED) is 0.629. The highest BCUT2D eigenvalue weighted by Gasteiger charge is 2.29. The fourth-order valence-corrected chi connectivity index (χ4v) is 1.24. The summed E-state index contributed by atoms with van der Waals surface area (Å²) in [6, 6.07) is 4.28. The fourth-order valence-electron chi connectivity index (χ4n) is 1.24. The van der Waals surface area contributed by atoms with Gasteiger partial charge in [0.2, 0.25) is 5.91 Å². The van der Waals surface area contributed by atoms with E-state index >= 15 is 0 Å². The molecular weight excluding hydrogens is 245 g/mol. The zero-order valence-electron chi connectivity index (χ0n) is 9.55. The van der Waals surface area contributed by atoms with Gasteiger partial charge in [0, 0.05) is 12.2 Å². The minimum atomic E-state index is -4.37. The number of nitrogens with one attached hydrogen (secondary N) is 2. The molecule has 1 aromatic rings. The van der Waals surface area contributed by atoms with E-state index in [9.17, 15) is 18.0 Å². The Morgan fingerprint density at radius 3 is 2.39 bits per heavy atom. The number of anilines is 1. The van der Waals surface area contributed by atoms with Crippen LogP contribution in [0.3, 0.4) is 0 Å². The Hall–Kier alpha value is -1.82. The lowest BCUT2D eigenvalue weighted by Gasteiger charge is -2.08. The summed E-state index contributed by atoms with van der Waals surface area (Å²) >= 11 is 0. The molecule has 0 atom stereocenters. The first kappa shape index (κ1) is 14.2. The summed E-state index contributed by atoms with van der Waals surface area (Å²) in [4.78, 5) is 11.3. The van der Waals surface area contributed by atoms with Crippen LogP contribution in [0, 0.1) is 0 Å². The van der Waals surface area contributed by atoms with Crippen molar-refractivity contribution < 1.29 is 18.0 Å². The second-order valence-corrected chi connectivity index (χ2v) is 3.54. The van der Waals surface area contributed by atoms with E-state index in [1.54, 1.807) is 6.08 Å². The Balaban J connectivity index is 2.53. The Kier molecular flexibility index (Phi) is 4.91. The standard InChI is InChI=1S/C12H13F3N2O/c1-2-7-16-8-11(18)17-10-5-3-9(4-6-10)12(13,14)15/h2-6,16H,1,7-8H2,(H,17,18). The molecule has 0 bridgehead atoms. The molecule has 1 amide bonds. The van der Waals surface area contributed by atoms with Gasteiger partial charge in [-0.25, -0.2) is 0 Å². The van der Waals surface area contributed by atoms with E-state index in [-0.39, 0.29) is 12.5 Å². The number of carbonyl (C=O) groups excluding carboxylic acids is 1. The van der Waals surface area contributed by atoms with Gasteiger partial charge in [0.1, 0.15) is 0 Å². The highest BCUT2D eigenvalue weighted by atomic mass is 19.4. The number of benzene rings is 1. The van der Waals surface area contributed by atoms with Gasteiger partial charge in [-0.1, -0.05) is 6.08 Å². The average molecular weight is 258 g/mol. The third kappa shape index (κ3) is 4.58. The summed E-state index contributed by atoms with van der Waals surface area (Å²) in [5.41, 5.74) is -0.418. The van der Waals surface area contributed by atoms with Crippen molar-refractivity contribution in [2.75, 3.05) is 18.4 Å². The second-order valence-electron chi connectivity index (χ2n) is 3.54. The summed E-state index contributed by atoms with van der Waals surface area (Å²) in [5.74, 6) is -0.323. The fraction of sp³-hybridized carbons (Fsp3) is 0.250. The monoisotopic (exact) mass is 258 g/mol. The van der Waals surface area contributed by atoms with Crippen molar-refractivity contribution >= 4 is 11.6 Å². The molecule has 0 unspecified atom stereocenters. The van der Waals surface area contributed by atoms with E-state index in [1.807, 2.05) is 0 Å². The van der Waals surface area contributed by atoms with Crippen molar-refractivity contribution in [2.45, 2.75) is 6.18 Å². The molecule has 0 spiro atoms. The molecule has 1 aromatic carbocycles. The SMILES string of the molecule is C=CCNCC(=O)Nc1ccc(C(F)(F)F)cc1. The summed E-state index contributed by atoms with van der Waals surface area (Å²) in [5, 5.41) is 5.26. The highest BCUT2D eigenvalue weighted by Crippen LogP contribution is 2.29. The van der Waals surface area contributed by atoms with Crippen LogP contribution in [-0.4, -0.2) is 19.0 Å². The van der Waals surface area contributed by atoms with Crippen molar-refractivity contribution in [3.05, 3.63) is 42.5 Å². The van der Waals surface area contributed by atoms with Gasteiger partial charge in [-0.05, 0) is 24.3 Å². The van der Waals surface area contributed by atoms with Crippen molar-refractivity contribution in [1.82, 2.24) is 5.32 Å². The van der Waals surface area contributed by atoms with Crippen molar-refractivity contribution in [3.63, 3.8) is 0 Å². The number of alkyl halides is 3. The first-order valence-electron chi connectivity index (χ1n) is 5.22. The molecule has 0 aliphatic rings. The van der Waals surface area contributed by atoms with E-state index < -0.39 is 11.7 Å². The van der Waals surface area contributed by atoms with Gasteiger partial charge < -0.3 is 10.6 Å². The lowest BCUT2D eigenvalue weighted by atomic mass is 10.2. The molecule has 1 rings (SSSR count). The largest absolute Gasteiger partial charge is 0.416 e. The molecule has 6 heteroatoms. The zero-order valence-corrected chi connectivity index (χ0v) is 9.55. The van der Waals surface area contributed by atoms with Crippen LogP contribution >= 0.6 is 0 Å². The van der Waals surface area contributed by atoms with Crippen LogP contribution in [0.25, 0.3) is 0 Å². The average Bonchev–Trinajstić information content (AvgIpc) is 2.29. The minimum absolute atomic E-state index is 0.0764. The molecule has 0 fully saturated rings. The van der Waals surface area contributed by atoms with Crippen LogP contribution < -0.4 is 10.6 Å². The molecule has 98 valence electrons. The van der Waals surface area contributed by atoms with E-state index in [4.69, 9.17) is 0 Å². The van der Waals surface area contributed by atoms with Gasteiger partial charge in [0.25, 0.3) is 0 Å². The Bertz CT molecular complexity index is 412. The molecular formula is C12H13F3N2O. The molecule has 0 aliphatic heterocycles. The number of amides is 1. The smallest absolute Gasteiger partial charge is 0.325 e. The lowest BCUT2D eigenvalue weighted by molar-refractivity contribution is -0.137. The number of hydrogen-bond acceptors (Lipinski definition) is 2. The Labute approximate surface area is 103 Å². The molecule has 0 aliphatic carbocycles. The maximum absolute atomic E-state index is 12.3. The number of carbonyl (C=O) groups is 1. The second kappa shape index (κ2) is 6.20. The summed E-state index contributed by atoms with van der Waals surface area (Å²) in [7, 11) is 0. The van der Waals surface area contributed by atoms with Crippen LogP contribution in [0.5, 0.6) is 0 Å². The Morgan fingerprint density at radius 1 is 1.28 bits per heavy atom. The third-order valence-electron chi connectivity index (χ3n) is 2.07. The normalized spacial score (nSPS) is 11.1. The van der Waals surface area contributed by atoms with Crippen LogP contribution in [-0.2, 0) is 11.0 Å². The van der Waals surface area contributed by atoms with Gasteiger partial charge in [-0.15, -0.1) is 6.58 Å². The van der Waals surface area contributed by atoms with E-state index in [0.29, 0.717) is 12.2 Å². The van der Waals surface area contributed by atoms with E-state index in [0.717, 1.165) is 12.1 Å². The summed E-state index contributed by atoms with van der Waals surface area (Å²) < 4.78 is 36.8. The van der Waals surface area contributed by atoms with Crippen LogP contribution in [0.15, 0.2) is 36.9 Å². The third-order valence-corrected chi connectivity index (χ3v) is 2.07. The number of halogens is 3.